The van der Waals surface area contributed by atoms with Crippen LogP contribution >= 0.6 is 0 Å². The van der Waals surface area contributed by atoms with Gasteiger partial charge in [-0.3, -0.25) is 4.79 Å². The zero-order valence-corrected chi connectivity index (χ0v) is 10.5. The van der Waals surface area contributed by atoms with Crippen molar-refractivity contribution in [3.8, 4) is 0 Å². The first kappa shape index (κ1) is 12.6. The van der Waals surface area contributed by atoms with Crippen molar-refractivity contribution in [1.29, 1.82) is 0 Å². The third-order valence-corrected chi connectivity index (χ3v) is 3.84. The highest BCUT2D eigenvalue weighted by Gasteiger charge is 2.48. The highest BCUT2D eigenvalue weighted by atomic mass is 16.5. The molecule has 2 aliphatic rings. The van der Waals surface area contributed by atoms with Gasteiger partial charge in [-0.25, -0.2) is 0 Å². The van der Waals surface area contributed by atoms with E-state index in [9.17, 15) is 9.82 Å². The summed E-state index contributed by atoms with van der Waals surface area (Å²) in [5.41, 5.74) is 0. The number of nitrogens with zero attached hydrogens (tertiary/aromatic N) is 1. The summed E-state index contributed by atoms with van der Waals surface area (Å²) >= 11 is 0. The van der Waals surface area contributed by atoms with Crippen molar-refractivity contribution >= 4 is 13.0 Å². The SMILES string of the molecule is CCOC(=O)C1[C@H]2CC=CC[C@H]2CN1B(C)O. The number of fused-ring (bicyclic) bond motifs is 1. The van der Waals surface area contributed by atoms with Crippen LogP contribution in [0.15, 0.2) is 12.2 Å². The standard InChI is InChI=1S/C12H20BNO3/c1-3-17-12(15)11-10-7-5-4-6-9(10)8-14(11)13(2)16/h4-5,9-11,16H,3,6-8H2,1-2H3/t9-,10-,11?/m0/s1. The van der Waals surface area contributed by atoms with E-state index in [0.717, 1.165) is 19.4 Å². The Bertz CT molecular complexity index is 319. The van der Waals surface area contributed by atoms with Crippen LogP contribution in [-0.4, -0.2) is 42.0 Å². The minimum atomic E-state index is -0.588. The number of hydrogen-bond donors (Lipinski definition) is 1. The summed E-state index contributed by atoms with van der Waals surface area (Å²) in [4.78, 5) is 13.9. The Labute approximate surface area is 103 Å². The largest absolute Gasteiger partial charge is 0.465 e. The van der Waals surface area contributed by atoms with Crippen LogP contribution in [0.5, 0.6) is 0 Å². The van der Waals surface area contributed by atoms with Gasteiger partial charge >= 0.3 is 13.0 Å². The second-order valence-corrected chi connectivity index (χ2v) is 4.89. The van der Waals surface area contributed by atoms with Crippen molar-refractivity contribution < 1.29 is 14.6 Å². The predicted octanol–water partition coefficient (Wildman–Crippen LogP) is 0.926. The number of hydrogen-bond acceptors (Lipinski definition) is 4. The molecule has 0 aromatic heterocycles. The molecule has 4 nitrogen and oxygen atoms in total. The lowest BCUT2D eigenvalue weighted by Crippen LogP contribution is -2.47. The van der Waals surface area contributed by atoms with Gasteiger partial charge < -0.3 is 14.6 Å². The normalized spacial score (nSPS) is 32.3. The van der Waals surface area contributed by atoms with Gasteiger partial charge in [0, 0.05) is 0 Å². The third-order valence-electron chi connectivity index (χ3n) is 3.84. The molecule has 1 aliphatic carbocycles. The maximum absolute atomic E-state index is 12.0. The van der Waals surface area contributed by atoms with Crippen molar-refractivity contribution in [1.82, 2.24) is 4.81 Å². The fourth-order valence-electron chi connectivity index (χ4n) is 3.04. The molecule has 3 atom stereocenters. The van der Waals surface area contributed by atoms with Gasteiger partial charge in [0.1, 0.15) is 6.04 Å². The highest BCUT2D eigenvalue weighted by molar-refractivity contribution is 6.45. The molecule has 1 unspecified atom stereocenters. The summed E-state index contributed by atoms with van der Waals surface area (Å²) in [7, 11) is -0.588. The van der Waals surface area contributed by atoms with Crippen LogP contribution in [0.4, 0.5) is 0 Å². The molecule has 0 bridgehead atoms. The molecule has 17 heavy (non-hydrogen) atoms. The first-order valence-electron chi connectivity index (χ1n) is 6.40. The third kappa shape index (κ3) is 2.40. The Morgan fingerprint density at radius 1 is 1.53 bits per heavy atom. The topological polar surface area (TPSA) is 49.8 Å². The second-order valence-electron chi connectivity index (χ2n) is 4.89. The lowest BCUT2D eigenvalue weighted by Gasteiger charge is -2.27. The maximum atomic E-state index is 12.0. The molecule has 1 saturated heterocycles. The van der Waals surface area contributed by atoms with Crippen LogP contribution in [0.1, 0.15) is 19.8 Å². The lowest BCUT2D eigenvalue weighted by atomic mass is 9.80. The molecule has 0 radical (unpaired) electrons. The lowest BCUT2D eigenvalue weighted by molar-refractivity contribution is -0.148. The van der Waals surface area contributed by atoms with Crippen LogP contribution in [0.3, 0.4) is 0 Å². The Balaban J connectivity index is 2.17. The molecule has 0 spiro atoms. The minimum Gasteiger partial charge on any atom is -0.465 e. The van der Waals surface area contributed by atoms with Gasteiger partial charge in [-0.2, -0.15) is 0 Å². The molecule has 0 aromatic rings. The van der Waals surface area contributed by atoms with Crippen LogP contribution in [-0.2, 0) is 9.53 Å². The average molecular weight is 237 g/mol. The molecule has 5 heteroatoms. The molecular weight excluding hydrogens is 217 g/mol. The summed E-state index contributed by atoms with van der Waals surface area (Å²) in [5, 5.41) is 9.78. The van der Waals surface area contributed by atoms with Gasteiger partial charge in [0.05, 0.1) is 6.61 Å². The Morgan fingerprint density at radius 3 is 2.88 bits per heavy atom. The van der Waals surface area contributed by atoms with Crippen molar-refractivity contribution in [2.24, 2.45) is 11.8 Å². The molecule has 1 aliphatic heterocycles. The summed E-state index contributed by atoms with van der Waals surface area (Å²) in [6.07, 6.45) is 6.23. The van der Waals surface area contributed by atoms with E-state index in [0.29, 0.717) is 18.4 Å². The van der Waals surface area contributed by atoms with Crippen LogP contribution in [0, 0.1) is 11.8 Å². The molecule has 1 heterocycles. The van der Waals surface area contributed by atoms with Gasteiger partial charge in [0.25, 0.3) is 0 Å². The number of esters is 1. The molecular formula is C12H20BNO3. The van der Waals surface area contributed by atoms with Gasteiger partial charge in [0.2, 0.25) is 0 Å². The monoisotopic (exact) mass is 237 g/mol. The summed E-state index contributed by atoms with van der Waals surface area (Å²) in [5.74, 6) is 0.592. The van der Waals surface area contributed by atoms with Crippen molar-refractivity contribution in [3.05, 3.63) is 12.2 Å². The minimum absolute atomic E-state index is 0.184. The molecule has 0 saturated carbocycles. The molecule has 0 aromatic carbocycles. The van der Waals surface area contributed by atoms with Crippen molar-refractivity contribution in [3.63, 3.8) is 0 Å². The Hall–Kier alpha value is -0.805. The van der Waals surface area contributed by atoms with Crippen LogP contribution in [0.2, 0.25) is 6.82 Å². The highest BCUT2D eigenvalue weighted by Crippen LogP contribution is 2.38. The summed E-state index contributed by atoms with van der Waals surface area (Å²) in [6.45, 7) is 4.72. The van der Waals surface area contributed by atoms with Crippen LogP contribution < -0.4 is 0 Å². The summed E-state index contributed by atoms with van der Waals surface area (Å²) in [6, 6.07) is -0.273. The summed E-state index contributed by atoms with van der Waals surface area (Å²) < 4.78 is 5.14. The average Bonchev–Trinajstić information content (AvgIpc) is 2.68. The Kier molecular flexibility index (Phi) is 3.89. The van der Waals surface area contributed by atoms with Gasteiger partial charge in [-0.1, -0.05) is 12.2 Å². The quantitative estimate of drug-likeness (QED) is 0.450. The number of allylic oxidation sites excluding steroid dienone is 2. The fourth-order valence-corrected chi connectivity index (χ4v) is 3.04. The van der Waals surface area contributed by atoms with E-state index in [1.54, 1.807) is 6.82 Å². The Morgan fingerprint density at radius 2 is 2.24 bits per heavy atom. The first-order valence-corrected chi connectivity index (χ1v) is 6.40. The van der Waals surface area contributed by atoms with Crippen molar-refractivity contribution in [2.45, 2.75) is 32.6 Å². The van der Waals surface area contributed by atoms with E-state index in [1.165, 1.54) is 0 Å². The van der Waals surface area contributed by atoms with E-state index in [4.69, 9.17) is 4.74 Å². The predicted molar refractivity (Wildman–Crippen MR) is 66.3 cm³/mol. The molecule has 1 N–H and O–H groups in total. The van der Waals surface area contributed by atoms with E-state index in [2.05, 4.69) is 12.2 Å². The van der Waals surface area contributed by atoms with Crippen LogP contribution in [0.25, 0.3) is 0 Å². The smallest absolute Gasteiger partial charge is 0.377 e. The number of carbonyl (C=O) groups is 1. The zero-order chi connectivity index (χ0) is 12.4. The second kappa shape index (κ2) is 5.23. The van der Waals surface area contributed by atoms with E-state index in [1.807, 2.05) is 11.7 Å². The molecule has 1 fully saturated rings. The number of ether oxygens (including phenoxy) is 1. The van der Waals surface area contributed by atoms with E-state index in [-0.39, 0.29) is 12.0 Å². The number of carbonyl (C=O) groups excluding carboxylic acids is 1. The first-order chi connectivity index (χ1) is 8.15. The fraction of sp³-hybridized carbons (Fsp3) is 0.750. The van der Waals surface area contributed by atoms with Gasteiger partial charge in [-0.15, -0.1) is 0 Å². The van der Waals surface area contributed by atoms with Gasteiger partial charge in [0.15, 0.2) is 0 Å². The zero-order valence-electron chi connectivity index (χ0n) is 10.5. The molecule has 0 amide bonds. The number of rotatable bonds is 3. The van der Waals surface area contributed by atoms with E-state index >= 15 is 0 Å². The van der Waals surface area contributed by atoms with E-state index < -0.39 is 7.05 Å². The maximum Gasteiger partial charge on any atom is 0.377 e. The molecule has 94 valence electrons. The van der Waals surface area contributed by atoms with Gasteiger partial charge in [-0.05, 0) is 45.0 Å². The van der Waals surface area contributed by atoms with Crippen molar-refractivity contribution in [2.75, 3.05) is 13.2 Å². The molecule has 2 rings (SSSR count).